The summed E-state index contributed by atoms with van der Waals surface area (Å²) in [5, 5.41) is 9.83. The molecule has 1 N–H and O–H groups in total. The summed E-state index contributed by atoms with van der Waals surface area (Å²) in [5.41, 5.74) is 1.14. The number of carbonyl (C=O) groups excluding carboxylic acids is 1. The predicted octanol–water partition coefficient (Wildman–Crippen LogP) is 7.04. The van der Waals surface area contributed by atoms with E-state index in [2.05, 4.69) is 4.98 Å². The van der Waals surface area contributed by atoms with Crippen molar-refractivity contribution in [1.82, 2.24) is 4.98 Å². The quantitative estimate of drug-likeness (QED) is 0.188. The zero-order valence-corrected chi connectivity index (χ0v) is 24.6. The van der Waals surface area contributed by atoms with Crippen molar-refractivity contribution in [2.24, 2.45) is 11.8 Å². The lowest BCUT2D eigenvalue weighted by Crippen LogP contribution is -2.22. The molecule has 0 aliphatic heterocycles. The number of benzene rings is 2. The smallest absolute Gasteiger partial charge is 0.417 e. The van der Waals surface area contributed by atoms with Gasteiger partial charge in [-0.3, -0.25) is 4.79 Å². The van der Waals surface area contributed by atoms with Crippen LogP contribution in [0.1, 0.15) is 67.9 Å². The highest BCUT2D eigenvalue weighted by Gasteiger charge is 2.60. The number of halogens is 4. The second kappa shape index (κ2) is 11.8. The topological polar surface area (TPSA) is 77.9 Å². The van der Waals surface area contributed by atoms with Crippen molar-refractivity contribution < 1.29 is 41.7 Å². The maximum atomic E-state index is 14.9. The van der Waals surface area contributed by atoms with E-state index in [1.165, 1.54) is 12.1 Å². The van der Waals surface area contributed by atoms with E-state index in [0.717, 1.165) is 41.4 Å². The van der Waals surface area contributed by atoms with Gasteiger partial charge in [-0.1, -0.05) is 19.1 Å². The average Bonchev–Trinajstić information content (AvgIpc) is 3.53. The van der Waals surface area contributed by atoms with Crippen LogP contribution in [0.4, 0.5) is 17.6 Å². The van der Waals surface area contributed by atoms with Crippen LogP contribution >= 0.6 is 0 Å². The van der Waals surface area contributed by atoms with Crippen molar-refractivity contribution in [3.8, 4) is 22.8 Å². The third kappa shape index (κ3) is 6.64. The maximum absolute atomic E-state index is 14.9. The van der Waals surface area contributed by atoms with Gasteiger partial charge in [-0.05, 0) is 80.0 Å². The largest absolute Gasteiger partial charge is 0.489 e. The Labute approximate surface area is 248 Å². The Bertz CT molecular complexity index is 1510. The first-order valence-corrected chi connectivity index (χ1v) is 14.5. The molecule has 5 rings (SSSR count). The highest BCUT2D eigenvalue weighted by atomic mass is 19.4. The Hall–Kier alpha value is -3.66. The number of hydrogen-bond donors (Lipinski definition) is 1. The fourth-order valence-corrected chi connectivity index (χ4v) is 5.84. The van der Waals surface area contributed by atoms with Crippen LogP contribution in [0.3, 0.4) is 0 Å². The monoisotopic (exact) mass is 601 g/mol. The van der Waals surface area contributed by atoms with E-state index >= 15 is 0 Å². The molecule has 1 fully saturated rings. The molecule has 0 amide bonds. The average molecular weight is 602 g/mol. The van der Waals surface area contributed by atoms with Crippen LogP contribution in [0, 0.1) is 17.7 Å². The molecule has 0 spiro atoms. The highest BCUT2D eigenvalue weighted by Crippen LogP contribution is 2.62. The summed E-state index contributed by atoms with van der Waals surface area (Å²) in [6.07, 6.45) is -2.07. The molecule has 2 aliphatic carbocycles. The fourth-order valence-electron chi connectivity index (χ4n) is 5.84. The van der Waals surface area contributed by atoms with E-state index in [-0.39, 0.29) is 65.9 Å². The number of pyridine rings is 1. The standard InChI is InChI=1S/C33H35F4NO5/c1-5-18-12-22-20(13-23-29(22)30(23)31(39)41-6-2)14-27(18)43-17-21-11-19(7-8-26(21)34)24-16-38-28(15-25(24)33(35,36)37)42-10-9-32(3,4)40/h7-8,11-12,14-16,23,29-30,40H,5-6,9-10,13,17H2,1-4H3. The summed E-state index contributed by atoms with van der Waals surface area (Å²) >= 11 is 0. The van der Waals surface area contributed by atoms with Gasteiger partial charge in [0.2, 0.25) is 5.88 Å². The molecule has 230 valence electrons. The van der Waals surface area contributed by atoms with Crippen molar-refractivity contribution in [2.45, 2.75) is 71.3 Å². The molecule has 10 heteroatoms. The number of fused-ring (bicyclic) bond motifs is 3. The number of ether oxygens (including phenoxy) is 3. The summed E-state index contributed by atoms with van der Waals surface area (Å²) in [5.74, 6) is -0.130. The van der Waals surface area contributed by atoms with Crippen LogP contribution in [0.5, 0.6) is 11.6 Å². The molecule has 3 aromatic rings. The molecule has 0 saturated heterocycles. The van der Waals surface area contributed by atoms with Gasteiger partial charge in [0.25, 0.3) is 0 Å². The van der Waals surface area contributed by atoms with Gasteiger partial charge in [0.05, 0.1) is 30.3 Å². The number of aryl methyl sites for hydroxylation is 1. The van der Waals surface area contributed by atoms with E-state index < -0.39 is 23.2 Å². The lowest BCUT2D eigenvalue weighted by molar-refractivity contribution is -0.145. The molecule has 0 radical (unpaired) electrons. The van der Waals surface area contributed by atoms with Crippen molar-refractivity contribution in [1.29, 1.82) is 0 Å². The summed E-state index contributed by atoms with van der Waals surface area (Å²) in [4.78, 5) is 16.3. The van der Waals surface area contributed by atoms with Crippen molar-refractivity contribution >= 4 is 5.97 Å². The predicted molar refractivity (Wildman–Crippen MR) is 151 cm³/mol. The highest BCUT2D eigenvalue weighted by molar-refractivity contribution is 5.80. The number of alkyl halides is 3. The van der Waals surface area contributed by atoms with Gasteiger partial charge in [-0.25, -0.2) is 9.37 Å². The maximum Gasteiger partial charge on any atom is 0.417 e. The van der Waals surface area contributed by atoms with Gasteiger partial charge >= 0.3 is 12.1 Å². The Morgan fingerprint density at radius 1 is 1.07 bits per heavy atom. The van der Waals surface area contributed by atoms with Gasteiger partial charge in [-0.2, -0.15) is 13.2 Å². The number of hydrogen-bond acceptors (Lipinski definition) is 6. The number of rotatable bonds is 11. The molecule has 3 unspecified atom stereocenters. The van der Waals surface area contributed by atoms with Crippen LogP contribution in [0.25, 0.3) is 11.1 Å². The van der Waals surface area contributed by atoms with E-state index in [4.69, 9.17) is 14.2 Å². The van der Waals surface area contributed by atoms with Crippen LogP contribution < -0.4 is 9.47 Å². The first-order valence-electron chi connectivity index (χ1n) is 14.5. The Morgan fingerprint density at radius 2 is 1.84 bits per heavy atom. The molecule has 0 bridgehead atoms. The van der Waals surface area contributed by atoms with Gasteiger partial charge in [0.15, 0.2) is 0 Å². The molecule has 1 saturated carbocycles. The number of aliphatic hydroxyl groups is 1. The minimum atomic E-state index is -4.72. The summed E-state index contributed by atoms with van der Waals surface area (Å²) in [7, 11) is 0. The first-order chi connectivity index (χ1) is 20.3. The summed E-state index contributed by atoms with van der Waals surface area (Å²) < 4.78 is 73.7. The number of aromatic nitrogens is 1. The molecule has 1 heterocycles. The van der Waals surface area contributed by atoms with Gasteiger partial charge in [0.1, 0.15) is 18.2 Å². The number of nitrogens with zero attached hydrogens (tertiary/aromatic N) is 1. The van der Waals surface area contributed by atoms with E-state index in [1.54, 1.807) is 20.8 Å². The molecule has 2 aliphatic rings. The van der Waals surface area contributed by atoms with E-state index in [1.807, 2.05) is 19.1 Å². The molecule has 43 heavy (non-hydrogen) atoms. The molecular formula is C33H35F4NO5. The van der Waals surface area contributed by atoms with E-state index in [9.17, 15) is 27.5 Å². The molecule has 2 aromatic carbocycles. The fraction of sp³-hybridized carbons (Fsp3) is 0.455. The Balaban J connectivity index is 1.35. The van der Waals surface area contributed by atoms with Gasteiger partial charge in [0, 0.05) is 35.7 Å². The van der Waals surface area contributed by atoms with Crippen LogP contribution in [0.2, 0.25) is 0 Å². The van der Waals surface area contributed by atoms with Crippen LogP contribution in [0.15, 0.2) is 42.6 Å². The Kier molecular flexibility index (Phi) is 8.44. The molecular weight excluding hydrogens is 566 g/mol. The minimum absolute atomic E-state index is 0.0130. The second-order valence-corrected chi connectivity index (χ2v) is 11.8. The van der Waals surface area contributed by atoms with E-state index in [0.29, 0.717) is 18.8 Å². The van der Waals surface area contributed by atoms with Crippen molar-refractivity contribution in [2.75, 3.05) is 13.2 Å². The summed E-state index contributed by atoms with van der Waals surface area (Å²) in [6.45, 7) is 7.06. The SMILES string of the molecule is CCOC(=O)C1C2Cc3cc(OCc4cc(-c5cnc(OCCC(C)(C)O)cc5C(F)(F)F)ccc4F)c(CC)cc3C21. The molecule has 3 atom stereocenters. The van der Waals surface area contributed by atoms with Crippen molar-refractivity contribution in [3.63, 3.8) is 0 Å². The normalized spacial score (nSPS) is 19.0. The third-order valence-corrected chi connectivity index (χ3v) is 8.13. The van der Waals surface area contributed by atoms with Gasteiger partial charge in [-0.15, -0.1) is 0 Å². The third-order valence-electron chi connectivity index (χ3n) is 8.13. The number of carbonyl (C=O) groups is 1. The minimum Gasteiger partial charge on any atom is -0.489 e. The second-order valence-electron chi connectivity index (χ2n) is 11.8. The van der Waals surface area contributed by atoms with Crippen LogP contribution in [-0.2, 0) is 35.2 Å². The number of esters is 1. The summed E-state index contributed by atoms with van der Waals surface area (Å²) in [6, 6.07) is 8.54. The van der Waals surface area contributed by atoms with Crippen LogP contribution in [-0.4, -0.2) is 34.9 Å². The molecule has 1 aromatic heterocycles. The zero-order valence-electron chi connectivity index (χ0n) is 24.6. The van der Waals surface area contributed by atoms with Gasteiger partial charge < -0.3 is 19.3 Å². The molecule has 6 nitrogen and oxygen atoms in total. The first kappa shape index (κ1) is 30.8. The Morgan fingerprint density at radius 3 is 2.51 bits per heavy atom. The zero-order chi connectivity index (χ0) is 31.1. The lowest BCUT2D eigenvalue weighted by atomic mass is 9.97. The lowest BCUT2D eigenvalue weighted by Gasteiger charge is -2.18. The van der Waals surface area contributed by atoms with Crippen molar-refractivity contribution in [3.05, 3.63) is 76.2 Å².